The molecule has 2 N–H and O–H groups in total. The van der Waals surface area contributed by atoms with Crippen LogP contribution < -0.4 is 14.8 Å². The van der Waals surface area contributed by atoms with Gasteiger partial charge in [0.15, 0.2) is 5.13 Å². The van der Waals surface area contributed by atoms with Gasteiger partial charge in [0.05, 0.1) is 11.5 Å². The molecule has 0 aliphatic carbocycles. The van der Waals surface area contributed by atoms with Crippen molar-refractivity contribution in [1.29, 1.82) is 0 Å². The molecule has 0 radical (unpaired) electrons. The number of amides is 1. The maximum Gasteiger partial charge on any atom is 0.263 e. The Morgan fingerprint density at radius 1 is 1.10 bits per heavy atom. The van der Waals surface area contributed by atoms with Crippen LogP contribution in [0.1, 0.15) is 18.9 Å². The molecule has 0 bridgehead atoms. The molecule has 0 aliphatic heterocycles. The van der Waals surface area contributed by atoms with E-state index in [9.17, 15) is 13.2 Å². The number of sulfonamides is 1. The largest absolute Gasteiger partial charge is 0.494 e. The Kier molecular flexibility index (Phi) is 6.84. The number of hydrogen-bond donors (Lipinski definition) is 2. The highest BCUT2D eigenvalue weighted by molar-refractivity contribution is 7.93. The van der Waals surface area contributed by atoms with E-state index < -0.39 is 10.0 Å². The summed E-state index contributed by atoms with van der Waals surface area (Å²) in [6.45, 7) is 2.54. The lowest BCUT2D eigenvalue weighted by molar-refractivity contribution is -0.116. The van der Waals surface area contributed by atoms with Crippen LogP contribution in [0.25, 0.3) is 0 Å². The zero-order chi connectivity index (χ0) is 20.7. The molecule has 1 amide bonds. The van der Waals surface area contributed by atoms with E-state index in [1.807, 2.05) is 31.2 Å². The number of hydrogen-bond acceptors (Lipinski definition) is 6. The molecule has 0 fully saturated rings. The monoisotopic (exact) mass is 431 g/mol. The van der Waals surface area contributed by atoms with E-state index in [2.05, 4.69) is 15.0 Å². The van der Waals surface area contributed by atoms with Crippen molar-refractivity contribution in [2.24, 2.45) is 0 Å². The van der Waals surface area contributed by atoms with Crippen molar-refractivity contribution < 1.29 is 17.9 Å². The molecule has 0 saturated carbocycles. The molecule has 2 aromatic carbocycles. The molecule has 0 spiro atoms. The second-order valence-corrected chi connectivity index (χ2v) is 8.67. The van der Waals surface area contributed by atoms with Crippen molar-refractivity contribution in [2.75, 3.05) is 16.6 Å². The van der Waals surface area contributed by atoms with Gasteiger partial charge in [0.2, 0.25) is 5.91 Å². The summed E-state index contributed by atoms with van der Waals surface area (Å²) in [5, 5.41) is 4.77. The van der Waals surface area contributed by atoms with Crippen LogP contribution in [-0.4, -0.2) is 25.9 Å². The normalized spacial score (nSPS) is 11.1. The maximum absolute atomic E-state index is 12.3. The molecule has 1 heterocycles. The van der Waals surface area contributed by atoms with Gasteiger partial charge in [0.25, 0.3) is 10.0 Å². The molecule has 3 aromatic rings. The van der Waals surface area contributed by atoms with Crippen molar-refractivity contribution >= 4 is 38.1 Å². The summed E-state index contributed by atoms with van der Waals surface area (Å²) < 4.78 is 32.4. The lowest BCUT2D eigenvalue weighted by Gasteiger charge is -2.08. The summed E-state index contributed by atoms with van der Waals surface area (Å²) in [5.74, 6) is 0.662. The second kappa shape index (κ2) is 9.53. The van der Waals surface area contributed by atoms with E-state index in [4.69, 9.17) is 4.74 Å². The van der Waals surface area contributed by atoms with Gasteiger partial charge in [-0.05, 0) is 55.3 Å². The van der Waals surface area contributed by atoms with Gasteiger partial charge in [-0.2, -0.15) is 0 Å². The molecule has 0 saturated heterocycles. The lowest BCUT2D eigenvalue weighted by atomic mass is 10.1. The van der Waals surface area contributed by atoms with Gasteiger partial charge in [-0.1, -0.05) is 12.1 Å². The zero-order valence-electron chi connectivity index (χ0n) is 15.8. The van der Waals surface area contributed by atoms with Gasteiger partial charge < -0.3 is 10.1 Å². The molecule has 152 valence electrons. The van der Waals surface area contributed by atoms with E-state index in [0.717, 1.165) is 11.3 Å². The molecule has 3 rings (SSSR count). The van der Waals surface area contributed by atoms with Crippen molar-refractivity contribution in [2.45, 2.75) is 24.7 Å². The highest BCUT2D eigenvalue weighted by atomic mass is 32.2. The van der Waals surface area contributed by atoms with Crippen molar-refractivity contribution in [3.05, 3.63) is 65.7 Å². The first-order valence-electron chi connectivity index (χ1n) is 9.00. The number of aryl methyl sites for hydroxylation is 1. The summed E-state index contributed by atoms with van der Waals surface area (Å²) in [4.78, 5) is 16.2. The van der Waals surface area contributed by atoms with Crippen LogP contribution in [0.2, 0.25) is 0 Å². The number of anilines is 2. The van der Waals surface area contributed by atoms with Gasteiger partial charge in [0.1, 0.15) is 5.75 Å². The molecule has 1 aromatic heterocycles. The fourth-order valence-electron chi connectivity index (χ4n) is 2.57. The van der Waals surface area contributed by atoms with E-state index in [1.165, 1.54) is 29.7 Å². The Balaban J connectivity index is 1.53. The van der Waals surface area contributed by atoms with E-state index in [-0.39, 0.29) is 10.8 Å². The summed E-state index contributed by atoms with van der Waals surface area (Å²) in [7, 11) is -3.71. The molecule has 0 unspecified atom stereocenters. The molecule has 9 heteroatoms. The Morgan fingerprint density at radius 3 is 2.45 bits per heavy atom. The second-order valence-electron chi connectivity index (χ2n) is 6.09. The van der Waals surface area contributed by atoms with Crippen LogP contribution in [-0.2, 0) is 21.2 Å². The Labute approximate surface area is 173 Å². The highest BCUT2D eigenvalue weighted by Gasteiger charge is 2.15. The SMILES string of the molecule is CCOc1ccc(CCC(=O)Nc2ccc(S(=O)(=O)Nc3nccs3)cc2)cc1. The van der Waals surface area contributed by atoms with Gasteiger partial charge in [0, 0.05) is 23.7 Å². The molecular formula is C20H21N3O4S2. The molecule has 0 aliphatic rings. The number of rotatable bonds is 9. The highest BCUT2D eigenvalue weighted by Crippen LogP contribution is 2.20. The molecule has 29 heavy (non-hydrogen) atoms. The minimum absolute atomic E-state index is 0.0973. The number of thiazole rings is 1. The first-order valence-corrected chi connectivity index (χ1v) is 11.4. The first kappa shape index (κ1) is 20.8. The van der Waals surface area contributed by atoms with E-state index in [0.29, 0.717) is 30.3 Å². The fraction of sp³-hybridized carbons (Fsp3) is 0.200. The third-order valence-corrected chi connectivity index (χ3v) is 6.15. The summed E-state index contributed by atoms with van der Waals surface area (Å²) in [5.41, 5.74) is 1.58. The number of carbonyl (C=O) groups is 1. The number of benzene rings is 2. The Bertz CT molecular complexity index is 1030. The van der Waals surface area contributed by atoms with Crippen LogP contribution >= 0.6 is 11.3 Å². The lowest BCUT2D eigenvalue weighted by Crippen LogP contribution is -2.14. The smallest absolute Gasteiger partial charge is 0.263 e. The third-order valence-electron chi connectivity index (χ3n) is 3.98. The minimum atomic E-state index is -3.71. The number of nitrogens with one attached hydrogen (secondary N) is 2. The van der Waals surface area contributed by atoms with E-state index >= 15 is 0 Å². The molecule has 7 nitrogen and oxygen atoms in total. The standard InChI is InChI=1S/C20H21N3O4S2/c1-2-27-17-8-3-15(4-9-17)5-12-19(24)22-16-6-10-18(11-7-16)29(25,26)23-20-21-13-14-28-20/h3-4,6-11,13-14H,2,5,12H2,1H3,(H,21,23)(H,22,24). The van der Waals surface area contributed by atoms with Crippen LogP contribution in [0.4, 0.5) is 10.8 Å². The maximum atomic E-state index is 12.3. The summed E-state index contributed by atoms with van der Waals surface area (Å²) in [6.07, 6.45) is 2.44. The fourth-order valence-corrected chi connectivity index (χ4v) is 4.35. The molecular weight excluding hydrogens is 410 g/mol. The first-order chi connectivity index (χ1) is 14.0. The van der Waals surface area contributed by atoms with Gasteiger partial charge >= 0.3 is 0 Å². The molecule has 0 atom stereocenters. The van der Waals surface area contributed by atoms with Crippen molar-refractivity contribution in [1.82, 2.24) is 4.98 Å². The average molecular weight is 432 g/mol. The van der Waals surface area contributed by atoms with Gasteiger partial charge in [-0.25, -0.2) is 13.4 Å². The number of aromatic nitrogens is 1. The number of ether oxygens (including phenoxy) is 1. The predicted octanol–water partition coefficient (Wildman–Crippen LogP) is 3.91. The number of carbonyl (C=O) groups excluding carboxylic acids is 1. The summed E-state index contributed by atoms with van der Waals surface area (Å²) in [6, 6.07) is 13.7. The summed E-state index contributed by atoms with van der Waals surface area (Å²) >= 11 is 1.20. The third kappa shape index (κ3) is 6.03. The van der Waals surface area contributed by atoms with Crippen molar-refractivity contribution in [3.63, 3.8) is 0 Å². The quantitative estimate of drug-likeness (QED) is 0.535. The Morgan fingerprint density at radius 2 is 1.83 bits per heavy atom. The Hall–Kier alpha value is -2.91. The van der Waals surface area contributed by atoms with Crippen LogP contribution in [0.5, 0.6) is 5.75 Å². The van der Waals surface area contributed by atoms with E-state index in [1.54, 1.807) is 17.5 Å². The number of nitrogens with zero attached hydrogens (tertiary/aromatic N) is 1. The van der Waals surface area contributed by atoms with Gasteiger partial charge in [-0.15, -0.1) is 11.3 Å². The minimum Gasteiger partial charge on any atom is -0.494 e. The van der Waals surface area contributed by atoms with Gasteiger partial charge in [-0.3, -0.25) is 9.52 Å². The van der Waals surface area contributed by atoms with Crippen LogP contribution in [0.15, 0.2) is 65.0 Å². The van der Waals surface area contributed by atoms with Crippen molar-refractivity contribution in [3.8, 4) is 5.75 Å². The zero-order valence-corrected chi connectivity index (χ0v) is 17.4. The predicted molar refractivity (Wildman–Crippen MR) is 114 cm³/mol. The van der Waals surface area contributed by atoms with Crippen LogP contribution in [0, 0.1) is 0 Å². The average Bonchev–Trinajstić information content (AvgIpc) is 3.20. The topological polar surface area (TPSA) is 97.4 Å². The van der Waals surface area contributed by atoms with Crippen LogP contribution in [0.3, 0.4) is 0 Å².